The maximum Gasteiger partial charge on any atom is 0.573 e. The van der Waals surface area contributed by atoms with Gasteiger partial charge < -0.3 is 15.4 Å². The Morgan fingerprint density at radius 1 is 0.971 bits per heavy atom. The van der Waals surface area contributed by atoms with E-state index in [0.717, 1.165) is 6.08 Å². The van der Waals surface area contributed by atoms with Crippen molar-refractivity contribution < 1.29 is 27.5 Å². The topological polar surface area (TPSA) is 96.1 Å². The molecule has 0 aliphatic heterocycles. The molecule has 0 atom stereocenters. The number of alkyl halides is 3. The number of fused-ring (bicyclic) bond motifs is 1. The van der Waals surface area contributed by atoms with Crippen LogP contribution in [0.2, 0.25) is 0 Å². The largest absolute Gasteiger partial charge is 0.573 e. The van der Waals surface area contributed by atoms with Crippen molar-refractivity contribution in [1.29, 1.82) is 0 Å². The first-order valence-corrected chi connectivity index (χ1v) is 9.91. The van der Waals surface area contributed by atoms with Crippen molar-refractivity contribution >= 4 is 34.2 Å². The van der Waals surface area contributed by atoms with Crippen LogP contribution in [0.3, 0.4) is 0 Å². The highest BCUT2D eigenvalue weighted by Crippen LogP contribution is 2.31. The number of H-pyrrole nitrogens is 1. The molecule has 2 amide bonds. The second-order valence-electron chi connectivity index (χ2n) is 7.10. The van der Waals surface area contributed by atoms with E-state index < -0.39 is 18.2 Å². The fourth-order valence-corrected chi connectivity index (χ4v) is 3.32. The summed E-state index contributed by atoms with van der Waals surface area (Å²) in [6.07, 6.45) is -3.69. The monoisotopic (exact) mass is 466 g/mol. The number of benzene rings is 3. The van der Waals surface area contributed by atoms with Crippen LogP contribution >= 0.6 is 0 Å². The van der Waals surface area contributed by atoms with Crippen LogP contribution in [-0.2, 0) is 4.79 Å². The standard InChI is InChI=1S/C24H17F3N4O3/c1-2-21(32)28-19-9-4-3-8-18(19)23(33)29-22-17-11-10-15(13-20(17)30-31-22)14-6-5-7-16(12-14)34-24(25,26)27/h2-13H,1H2,(H,28,32)(H2,29,30,31,33). The number of amides is 2. The van der Waals surface area contributed by atoms with Gasteiger partial charge in [-0.25, -0.2) is 0 Å². The molecular weight excluding hydrogens is 449 g/mol. The van der Waals surface area contributed by atoms with Gasteiger partial charge in [0.15, 0.2) is 5.82 Å². The molecule has 0 radical (unpaired) electrons. The first-order valence-electron chi connectivity index (χ1n) is 9.91. The fraction of sp³-hybridized carbons (Fsp3) is 0.0417. The van der Waals surface area contributed by atoms with Gasteiger partial charge in [-0.15, -0.1) is 13.2 Å². The van der Waals surface area contributed by atoms with Gasteiger partial charge in [-0.05, 0) is 53.6 Å². The summed E-state index contributed by atoms with van der Waals surface area (Å²) in [5.74, 6) is -1.02. The number of aromatic amines is 1. The van der Waals surface area contributed by atoms with E-state index >= 15 is 0 Å². The van der Waals surface area contributed by atoms with Crippen molar-refractivity contribution in [2.45, 2.75) is 6.36 Å². The third kappa shape index (κ3) is 5.07. The van der Waals surface area contributed by atoms with Crippen LogP contribution in [0.25, 0.3) is 22.0 Å². The Bertz CT molecular complexity index is 1400. The lowest BCUT2D eigenvalue weighted by Gasteiger charge is -2.10. The summed E-state index contributed by atoms with van der Waals surface area (Å²) in [6.45, 7) is 3.39. The number of ether oxygens (including phenoxy) is 1. The third-order valence-electron chi connectivity index (χ3n) is 4.81. The average molecular weight is 466 g/mol. The summed E-state index contributed by atoms with van der Waals surface area (Å²) < 4.78 is 41.6. The van der Waals surface area contributed by atoms with E-state index in [-0.39, 0.29) is 17.1 Å². The molecule has 34 heavy (non-hydrogen) atoms. The first kappa shape index (κ1) is 22.6. The second kappa shape index (κ2) is 9.10. The van der Waals surface area contributed by atoms with Gasteiger partial charge in [0.05, 0.1) is 16.8 Å². The molecule has 1 aromatic heterocycles. The molecule has 4 rings (SSSR count). The summed E-state index contributed by atoms with van der Waals surface area (Å²) >= 11 is 0. The SMILES string of the molecule is C=CC(=O)Nc1ccccc1C(=O)Nc1n[nH]c2cc(-c3cccc(OC(F)(F)F)c3)ccc12. The van der Waals surface area contributed by atoms with Gasteiger partial charge in [0.2, 0.25) is 5.91 Å². The van der Waals surface area contributed by atoms with Crippen molar-refractivity contribution in [3.8, 4) is 16.9 Å². The van der Waals surface area contributed by atoms with Crippen LogP contribution in [0.15, 0.2) is 79.4 Å². The van der Waals surface area contributed by atoms with E-state index in [2.05, 4.69) is 32.1 Å². The van der Waals surface area contributed by atoms with Gasteiger partial charge in [0, 0.05) is 5.39 Å². The fourth-order valence-electron chi connectivity index (χ4n) is 3.32. The number of carbonyl (C=O) groups excluding carboxylic acids is 2. The average Bonchev–Trinajstić information content (AvgIpc) is 3.20. The summed E-state index contributed by atoms with van der Waals surface area (Å²) in [6, 6.07) is 17.2. The zero-order valence-corrected chi connectivity index (χ0v) is 17.4. The minimum atomic E-state index is -4.79. The number of hydrogen-bond donors (Lipinski definition) is 3. The van der Waals surface area contributed by atoms with Crippen LogP contribution in [0.5, 0.6) is 5.75 Å². The molecule has 4 aromatic rings. The molecule has 0 saturated carbocycles. The van der Waals surface area contributed by atoms with Crippen molar-refractivity contribution in [3.05, 3.63) is 84.9 Å². The Morgan fingerprint density at radius 2 is 1.74 bits per heavy atom. The van der Waals surface area contributed by atoms with E-state index in [1.807, 2.05) is 0 Å². The number of para-hydroxylation sites is 1. The number of nitrogens with one attached hydrogen (secondary N) is 3. The van der Waals surface area contributed by atoms with E-state index in [0.29, 0.717) is 27.7 Å². The first-order chi connectivity index (χ1) is 16.2. The molecule has 0 aliphatic rings. The molecular formula is C24H17F3N4O3. The predicted molar refractivity (Wildman–Crippen MR) is 121 cm³/mol. The van der Waals surface area contributed by atoms with E-state index in [1.54, 1.807) is 48.5 Å². The number of nitrogens with zero attached hydrogens (tertiary/aromatic N) is 1. The Hall–Kier alpha value is -4.60. The molecule has 10 heteroatoms. The van der Waals surface area contributed by atoms with Gasteiger partial charge in [0.1, 0.15) is 5.75 Å². The van der Waals surface area contributed by atoms with Crippen LogP contribution in [-0.4, -0.2) is 28.4 Å². The summed E-state index contributed by atoms with van der Waals surface area (Å²) in [5, 5.41) is 12.8. The predicted octanol–water partition coefficient (Wildman–Crippen LogP) is 5.51. The van der Waals surface area contributed by atoms with Crippen LogP contribution in [0.1, 0.15) is 10.4 Å². The van der Waals surface area contributed by atoms with Gasteiger partial charge in [-0.3, -0.25) is 14.7 Å². The molecule has 0 spiro atoms. The molecule has 7 nitrogen and oxygen atoms in total. The van der Waals surface area contributed by atoms with Gasteiger partial charge >= 0.3 is 6.36 Å². The summed E-state index contributed by atoms with van der Waals surface area (Å²) in [4.78, 5) is 24.5. The van der Waals surface area contributed by atoms with E-state index in [9.17, 15) is 22.8 Å². The number of carbonyl (C=O) groups is 2. The Morgan fingerprint density at radius 3 is 2.50 bits per heavy atom. The second-order valence-corrected chi connectivity index (χ2v) is 7.10. The molecule has 0 saturated heterocycles. The van der Waals surface area contributed by atoms with Crippen molar-refractivity contribution in [1.82, 2.24) is 10.2 Å². The molecule has 3 N–H and O–H groups in total. The normalized spacial score (nSPS) is 11.1. The Kier molecular flexibility index (Phi) is 6.05. The van der Waals surface area contributed by atoms with Crippen molar-refractivity contribution in [2.24, 2.45) is 0 Å². The highest BCUT2D eigenvalue weighted by atomic mass is 19.4. The maximum absolute atomic E-state index is 12.8. The molecule has 0 fully saturated rings. The Balaban J connectivity index is 1.58. The summed E-state index contributed by atoms with van der Waals surface area (Å²) in [7, 11) is 0. The lowest BCUT2D eigenvalue weighted by molar-refractivity contribution is -0.274. The zero-order valence-electron chi connectivity index (χ0n) is 17.4. The minimum absolute atomic E-state index is 0.229. The number of anilines is 2. The molecule has 172 valence electrons. The number of hydrogen-bond acceptors (Lipinski definition) is 4. The lowest BCUT2D eigenvalue weighted by Crippen LogP contribution is -2.17. The molecule has 1 heterocycles. The molecule has 3 aromatic carbocycles. The number of halogens is 3. The number of rotatable bonds is 6. The molecule has 0 bridgehead atoms. The zero-order chi connectivity index (χ0) is 24.3. The van der Waals surface area contributed by atoms with Crippen molar-refractivity contribution in [2.75, 3.05) is 10.6 Å². The van der Waals surface area contributed by atoms with E-state index in [1.165, 1.54) is 18.2 Å². The van der Waals surface area contributed by atoms with Crippen LogP contribution in [0, 0.1) is 0 Å². The quantitative estimate of drug-likeness (QED) is 0.327. The Labute approximate surface area is 191 Å². The maximum atomic E-state index is 12.8. The van der Waals surface area contributed by atoms with Crippen LogP contribution < -0.4 is 15.4 Å². The minimum Gasteiger partial charge on any atom is -0.406 e. The summed E-state index contributed by atoms with van der Waals surface area (Å²) in [5.41, 5.74) is 2.23. The third-order valence-corrected chi connectivity index (χ3v) is 4.81. The molecule has 0 unspecified atom stereocenters. The smallest absolute Gasteiger partial charge is 0.406 e. The van der Waals surface area contributed by atoms with Crippen LogP contribution in [0.4, 0.5) is 24.7 Å². The van der Waals surface area contributed by atoms with E-state index in [4.69, 9.17) is 0 Å². The van der Waals surface area contributed by atoms with Gasteiger partial charge in [0.25, 0.3) is 5.91 Å². The molecule has 0 aliphatic carbocycles. The highest BCUT2D eigenvalue weighted by molar-refractivity contribution is 6.13. The number of aromatic nitrogens is 2. The van der Waals surface area contributed by atoms with Gasteiger partial charge in [-0.1, -0.05) is 36.9 Å². The van der Waals surface area contributed by atoms with Crippen molar-refractivity contribution in [3.63, 3.8) is 0 Å². The lowest BCUT2D eigenvalue weighted by atomic mass is 10.0. The van der Waals surface area contributed by atoms with Gasteiger partial charge in [-0.2, -0.15) is 5.10 Å². The highest BCUT2D eigenvalue weighted by Gasteiger charge is 2.31.